The number of nitriles is 1. The molecule has 0 unspecified atom stereocenters. The molecular formula is C16H16N4O3S. The predicted molar refractivity (Wildman–Crippen MR) is 85.6 cm³/mol. The summed E-state index contributed by atoms with van der Waals surface area (Å²) in [6.07, 6.45) is 4.33. The second-order valence-corrected chi connectivity index (χ2v) is 7.35. The number of rotatable bonds is 4. The zero-order chi connectivity index (χ0) is 17.0. The smallest absolute Gasteiger partial charge is 0.316 e. The Hall–Kier alpha value is -2.50. The molecule has 2 heterocycles. The molecule has 0 aliphatic carbocycles. The Labute approximate surface area is 140 Å². The van der Waals surface area contributed by atoms with Crippen molar-refractivity contribution in [3.05, 3.63) is 48.3 Å². The van der Waals surface area contributed by atoms with Gasteiger partial charge in [-0.3, -0.25) is 0 Å². The van der Waals surface area contributed by atoms with E-state index in [0.717, 1.165) is 6.42 Å². The molecule has 0 spiro atoms. The normalized spacial score (nSPS) is 18.7. The van der Waals surface area contributed by atoms with Gasteiger partial charge in [0, 0.05) is 18.9 Å². The van der Waals surface area contributed by atoms with E-state index in [1.807, 2.05) is 6.07 Å². The highest BCUT2D eigenvalue weighted by Crippen LogP contribution is 2.22. The second-order valence-electron chi connectivity index (χ2n) is 5.41. The van der Waals surface area contributed by atoms with E-state index in [9.17, 15) is 8.42 Å². The van der Waals surface area contributed by atoms with Crippen LogP contribution in [0.3, 0.4) is 0 Å². The van der Waals surface area contributed by atoms with Crippen LogP contribution in [0.25, 0.3) is 0 Å². The molecule has 7 nitrogen and oxygen atoms in total. The Balaban J connectivity index is 1.74. The maximum atomic E-state index is 12.7. The van der Waals surface area contributed by atoms with Crippen LogP contribution in [0.2, 0.25) is 0 Å². The average molecular weight is 344 g/mol. The standard InChI is InChI=1S/C16H16N4O3S/c17-11-13-4-6-15(7-5-13)24(21,22)20-10-1-3-14(12-20)23-16-18-8-2-9-19-16/h2,4-9,14H,1,3,10,12H2/t14-/m0/s1. The molecule has 0 radical (unpaired) electrons. The molecule has 1 saturated heterocycles. The Kier molecular flexibility index (Phi) is 4.74. The fraction of sp³-hybridized carbons (Fsp3) is 0.312. The Morgan fingerprint density at radius 2 is 1.92 bits per heavy atom. The fourth-order valence-electron chi connectivity index (χ4n) is 2.57. The van der Waals surface area contributed by atoms with Crippen LogP contribution in [0.15, 0.2) is 47.6 Å². The van der Waals surface area contributed by atoms with Gasteiger partial charge >= 0.3 is 6.01 Å². The van der Waals surface area contributed by atoms with Crippen LogP contribution >= 0.6 is 0 Å². The first-order valence-electron chi connectivity index (χ1n) is 7.53. The minimum Gasteiger partial charge on any atom is -0.459 e. The minimum atomic E-state index is -3.61. The summed E-state index contributed by atoms with van der Waals surface area (Å²) < 4.78 is 32.6. The first-order valence-corrected chi connectivity index (χ1v) is 8.97. The number of benzene rings is 1. The van der Waals surface area contributed by atoms with Crippen molar-refractivity contribution in [2.24, 2.45) is 0 Å². The van der Waals surface area contributed by atoms with E-state index in [1.165, 1.54) is 28.6 Å². The number of piperidine rings is 1. The summed E-state index contributed by atoms with van der Waals surface area (Å²) in [5, 5.41) is 8.82. The number of hydrogen-bond donors (Lipinski definition) is 0. The van der Waals surface area contributed by atoms with Crippen LogP contribution in [0, 0.1) is 11.3 Å². The van der Waals surface area contributed by atoms with Gasteiger partial charge in [-0.2, -0.15) is 9.57 Å². The lowest BCUT2D eigenvalue weighted by Gasteiger charge is -2.31. The summed E-state index contributed by atoms with van der Waals surface area (Å²) in [6, 6.07) is 9.84. The molecule has 3 rings (SSSR count). The lowest BCUT2D eigenvalue weighted by molar-refractivity contribution is 0.119. The third-order valence-corrected chi connectivity index (χ3v) is 5.66. The van der Waals surface area contributed by atoms with E-state index >= 15 is 0 Å². The van der Waals surface area contributed by atoms with Gasteiger partial charge in [-0.25, -0.2) is 18.4 Å². The molecule has 1 atom stereocenters. The zero-order valence-corrected chi connectivity index (χ0v) is 13.7. The first-order chi connectivity index (χ1) is 11.6. The van der Waals surface area contributed by atoms with Crippen molar-refractivity contribution in [2.45, 2.75) is 23.8 Å². The topological polar surface area (TPSA) is 96.2 Å². The molecule has 24 heavy (non-hydrogen) atoms. The molecule has 1 aliphatic rings. The number of sulfonamides is 1. The molecule has 2 aromatic rings. The van der Waals surface area contributed by atoms with Crippen LogP contribution in [0.5, 0.6) is 6.01 Å². The van der Waals surface area contributed by atoms with Gasteiger partial charge in [-0.05, 0) is 43.2 Å². The minimum absolute atomic E-state index is 0.179. The van der Waals surface area contributed by atoms with Gasteiger partial charge in [0.2, 0.25) is 10.0 Å². The molecule has 8 heteroatoms. The van der Waals surface area contributed by atoms with Crippen molar-refractivity contribution < 1.29 is 13.2 Å². The highest BCUT2D eigenvalue weighted by Gasteiger charge is 2.31. The van der Waals surface area contributed by atoms with Crippen molar-refractivity contribution in [2.75, 3.05) is 13.1 Å². The highest BCUT2D eigenvalue weighted by atomic mass is 32.2. The van der Waals surface area contributed by atoms with Crippen molar-refractivity contribution in [3.63, 3.8) is 0 Å². The SMILES string of the molecule is N#Cc1ccc(S(=O)(=O)N2CCC[C@H](Oc3ncccn3)C2)cc1. The largest absolute Gasteiger partial charge is 0.459 e. The Morgan fingerprint density at radius 1 is 1.21 bits per heavy atom. The van der Waals surface area contributed by atoms with Gasteiger partial charge in [-0.1, -0.05) is 0 Å². The molecule has 1 aromatic heterocycles. The molecule has 0 bridgehead atoms. The van der Waals surface area contributed by atoms with Crippen LogP contribution in [0.1, 0.15) is 18.4 Å². The van der Waals surface area contributed by atoms with Gasteiger partial charge in [0.25, 0.3) is 0 Å². The van der Waals surface area contributed by atoms with E-state index in [-0.39, 0.29) is 23.6 Å². The third kappa shape index (κ3) is 3.53. The fourth-order valence-corrected chi connectivity index (χ4v) is 4.08. The molecule has 1 fully saturated rings. The van der Waals surface area contributed by atoms with Crippen LogP contribution < -0.4 is 4.74 Å². The Bertz CT molecular complexity index is 832. The number of nitrogens with zero attached hydrogens (tertiary/aromatic N) is 4. The van der Waals surface area contributed by atoms with E-state index in [2.05, 4.69) is 9.97 Å². The number of aromatic nitrogens is 2. The van der Waals surface area contributed by atoms with Gasteiger partial charge in [-0.15, -0.1) is 0 Å². The summed E-state index contributed by atoms with van der Waals surface area (Å²) in [7, 11) is -3.61. The van der Waals surface area contributed by atoms with Crippen molar-refractivity contribution in [3.8, 4) is 12.1 Å². The lowest BCUT2D eigenvalue weighted by atomic mass is 10.1. The monoisotopic (exact) mass is 344 g/mol. The van der Waals surface area contributed by atoms with Crippen molar-refractivity contribution in [1.29, 1.82) is 5.26 Å². The van der Waals surface area contributed by atoms with Crippen LogP contribution in [0.4, 0.5) is 0 Å². The van der Waals surface area contributed by atoms with E-state index < -0.39 is 10.0 Å². The molecule has 0 saturated carbocycles. The molecule has 1 aromatic carbocycles. The van der Waals surface area contributed by atoms with E-state index in [0.29, 0.717) is 18.5 Å². The van der Waals surface area contributed by atoms with Gasteiger partial charge in [0.05, 0.1) is 23.1 Å². The average Bonchev–Trinajstić information content (AvgIpc) is 2.63. The summed E-state index contributed by atoms with van der Waals surface area (Å²) in [5.41, 5.74) is 0.426. The molecular weight excluding hydrogens is 328 g/mol. The van der Waals surface area contributed by atoms with Crippen molar-refractivity contribution >= 4 is 10.0 Å². The lowest BCUT2D eigenvalue weighted by Crippen LogP contribution is -2.44. The van der Waals surface area contributed by atoms with E-state index in [1.54, 1.807) is 18.5 Å². The summed E-state index contributed by atoms with van der Waals surface area (Å²) in [4.78, 5) is 8.19. The Morgan fingerprint density at radius 3 is 2.58 bits per heavy atom. The third-order valence-electron chi connectivity index (χ3n) is 3.78. The van der Waals surface area contributed by atoms with Gasteiger partial charge in [0.15, 0.2) is 0 Å². The van der Waals surface area contributed by atoms with Gasteiger partial charge < -0.3 is 4.74 Å². The second kappa shape index (κ2) is 6.95. The quantitative estimate of drug-likeness (QED) is 0.835. The first kappa shape index (κ1) is 16.4. The highest BCUT2D eigenvalue weighted by molar-refractivity contribution is 7.89. The molecule has 1 aliphatic heterocycles. The molecule has 0 N–H and O–H groups in total. The summed E-state index contributed by atoms with van der Waals surface area (Å²) in [5.74, 6) is 0. The molecule has 124 valence electrons. The van der Waals surface area contributed by atoms with Gasteiger partial charge in [0.1, 0.15) is 6.10 Å². The maximum Gasteiger partial charge on any atom is 0.316 e. The summed E-state index contributed by atoms with van der Waals surface area (Å²) in [6.45, 7) is 0.693. The summed E-state index contributed by atoms with van der Waals surface area (Å²) >= 11 is 0. The predicted octanol–water partition coefficient (Wildman–Crippen LogP) is 1.58. The molecule has 0 amide bonds. The van der Waals surface area contributed by atoms with Crippen molar-refractivity contribution in [1.82, 2.24) is 14.3 Å². The zero-order valence-electron chi connectivity index (χ0n) is 12.9. The number of hydrogen-bond acceptors (Lipinski definition) is 6. The van der Waals surface area contributed by atoms with E-state index in [4.69, 9.17) is 10.00 Å². The number of ether oxygens (including phenoxy) is 1. The maximum absolute atomic E-state index is 12.7. The van der Waals surface area contributed by atoms with Crippen LogP contribution in [-0.4, -0.2) is 41.9 Å². The van der Waals surface area contributed by atoms with Crippen LogP contribution in [-0.2, 0) is 10.0 Å².